The Hall–Kier alpha value is -0.190. The van der Waals surface area contributed by atoms with Crippen LogP contribution in [0.2, 0.25) is 0 Å². The predicted octanol–water partition coefficient (Wildman–Crippen LogP) is 2.04. The SMILES string of the molecule is CC(C)CC=C[C@@H](C)COS(=O)[O-]. The Morgan fingerprint density at radius 2 is 2.08 bits per heavy atom. The molecule has 0 aliphatic heterocycles. The lowest BCUT2D eigenvalue weighted by Crippen LogP contribution is -2.05. The summed E-state index contributed by atoms with van der Waals surface area (Å²) in [6.45, 7) is 6.42. The molecule has 3 nitrogen and oxygen atoms in total. The van der Waals surface area contributed by atoms with E-state index in [9.17, 15) is 8.76 Å². The molecule has 0 N–H and O–H groups in total. The molecule has 4 heteroatoms. The highest BCUT2D eigenvalue weighted by Gasteiger charge is 1.97. The first kappa shape index (κ1) is 12.8. The van der Waals surface area contributed by atoms with E-state index < -0.39 is 11.4 Å². The van der Waals surface area contributed by atoms with Gasteiger partial charge in [-0.15, -0.1) is 0 Å². The molecule has 1 unspecified atom stereocenters. The van der Waals surface area contributed by atoms with Gasteiger partial charge in [0, 0.05) is 0 Å². The summed E-state index contributed by atoms with van der Waals surface area (Å²) < 4.78 is 24.5. The molecule has 0 aromatic heterocycles. The van der Waals surface area contributed by atoms with E-state index in [2.05, 4.69) is 24.1 Å². The lowest BCUT2D eigenvalue weighted by atomic mass is 10.1. The third-order valence-electron chi connectivity index (χ3n) is 1.50. The van der Waals surface area contributed by atoms with E-state index in [4.69, 9.17) is 0 Å². The standard InChI is InChI=1S/C9H18O3S/c1-8(2)5-4-6-9(3)7-12-13(10)11/h4,6,8-9H,5,7H2,1-3H3,(H,10,11)/p-1/t9-/m1/s1. The molecule has 0 amide bonds. The van der Waals surface area contributed by atoms with E-state index in [0.717, 1.165) is 6.42 Å². The molecule has 0 spiro atoms. The summed E-state index contributed by atoms with van der Waals surface area (Å²) in [5.74, 6) is 0.787. The molecule has 0 aliphatic carbocycles. The first-order chi connectivity index (χ1) is 6.02. The predicted molar refractivity (Wildman–Crippen MR) is 52.6 cm³/mol. The number of rotatable bonds is 6. The third-order valence-corrected chi connectivity index (χ3v) is 1.83. The smallest absolute Gasteiger partial charge is 0.0842 e. The lowest BCUT2D eigenvalue weighted by Gasteiger charge is -2.08. The fourth-order valence-corrected chi connectivity index (χ4v) is 1.13. The Kier molecular flexibility index (Phi) is 7.13. The summed E-state index contributed by atoms with van der Waals surface area (Å²) >= 11 is -2.38. The van der Waals surface area contributed by atoms with Crippen LogP contribution in [0, 0.1) is 11.8 Å². The molecule has 2 atom stereocenters. The topological polar surface area (TPSA) is 49.4 Å². The minimum absolute atomic E-state index is 0.150. The Bertz CT molecular complexity index is 178. The van der Waals surface area contributed by atoms with E-state index >= 15 is 0 Å². The van der Waals surface area contributed by atoms with E-state index in [-0.39, 0.29) is 12.5 Å². The van der Waals surface area contributed by atoms with Crippen molar-refractivity contribution in [3.8, 4) is 0 Å². The highest BCUT2D eigenvalue weighted by molar-refractivity contribution is 7.74. The van der Waals surface area contributed by atoms with Crippen LogP contribution in [0.5, 0.6) is 0 Å². The summed E-state index contributed by atoms with van der Waals surface area (Å²) in [4.78, 5) is 0. The summed E-state index contributed by atoms with van der Waals surface area (Å²) in [7, 11) is 0. The average Bonchev–Trinajstić information content (AvgIpc) is 2.00. The highest BCUT2D eigenvalue weighted by atomic mass is 32.2. The van der Waals surface area contributed by atoms with Crippen molar-refractivity contribution >= 4 is 11.4 Å². The number of hydrogen-bond donors (Lipinski definition) is 0. The van der Waals surface area contributed by atoms with Gasteiger partial charge < -0.3 is 8.74 Å². The van der Waals surface area contributed by atoms with Gasteiger partial charge >= 0.3 is 0 Å². The van der Waals surface area contributed by atoms with Crippen LogP contribution >= 0.6 is 0 Å². The van der Waals surface area contributed by atoms with Crippen molar-refractivity contribution in [1.82, 2.24) is 0 Å². The van der Waals surface area contributed by atoms with E-state index in [0.29, 0.717) is 5.92 Å². The molecular formula is C9H17O3S-. The van der Waals surface area contributed by atoms with Gasteiger partial charge in [0.25, 0.3) is 0 Å². The van der Waals surface area contributed by atoms with Crippen molar-refractivity contribution in [2.75, 3.05) is 6.61 Å². The summed E-state index contributed by atoms with van der Waals surface area (Å²) in [6, 6.07) is 0. The van der Waals surface area contributed by atoms with Gasteiger partial charge in [-0.25, -0.2) is 4.21 Å². The molecular weight excluding hydrogens is 188 g/mol. The normalized spacial score (nSPS) is 16.7. The second kappa shape index (κ2) is 7.24. The Labute approximate surface area is 82.7 Å². The summed E-state index contributed by atoms with van der Waals surface area (Å²) in [5.41, 5.74) is 0. The minimum atomic E-state index is -2.38. The Morgan fingerprint density at radius 3 is 2.54 bits per heavy atom. The molecule has 13 heavy (non-hydrogen) atoms. The monoisotopic (exact) mass is 205 g/mol. The molecule has 0 bridgehead atoms. The summed E-state index contributed by atoms with van der Waals surface area (Å²) in [6.07, 6.45) is 5.06. The van der Waals surface area contributed by atoms with Crippen molar-refractivity contribution in [1.29, 1.82) is 0 Å². The maximum absolute atomic E-state index is 10.0. The van der Waals surface area contributed by atoms with Crippen LogP contribution in [-0.2, 0) is 15.5 Å². The van der Waals surface area contributed by atoms with Crippen LogP contribution in [0.3, 0.4) is 0 Å². The van der Waals surface area contributed by atoms with Crippen LogP contribution < -0.4 is 0 Å². The molecule has 78 valence electrons. The molecule has 0 heterocycles. The zero-order valence-corrected chi connectivity index (χ0v) is 9.17. The second-order valence-electron chi connectivity index (χ2n) is 3.52. The molecule has 0 aromatic rings. The van der Waals surface area contributed by atoms with Gasteiger partial charge in [-0.3, -0.25) is 0 Å². The zero-order chi connectivity index (χ0) is 10.3. The molecule has 0 saturated heterocycles. The number of hydrogen-bond acceptors (Lipinski definition) is 3. The fourth-order valence-electron chi connectivity index (χ4n) is 0.801. The second-order valence-corrected chi connectivity index (χ2v) is 4.17. The van der Waals surface area contributed by atoms with Gasteiger partial charge in [-0.2, -0.15) is 0 Å². The van der Waals surface area contributed by atoms with Crippen molar-refractivity contribution in [3.05, 3.63) is 12.2 Å². The molecule has 0 aliphatic rings. The largest absolute Gasteiger partial charge is 0.750 e. The summed E-state index contributed by atoms with van der Waals surface area (Å²) in [5, 5.41) is 0. The van der Waals surface area contributed by atoms with Crippen molar-refractivity contribution in [2.24, 2.45) is 11.8 Å². The van der Waals surface area contributed by atoms with Crippen molar-refractivity contribution in [2.45, 2.75) is 27.2 Å². The maximum Gasteiger partial charge on any atom is 0.0842 e. The Balaban J connectivity index is 3.55. The van der Waals surface area contributed by atoms with Gasteiger partial charge in [0.2, 0.25) is 0 Å². The van der Waals surface area contributed by atoms with E-state index in [1.165, 1.54) is 0 Å². The molecule has 0 aromatic carbocycles. The van der Waals surface area contributed by atoms with Gasteiger partial charge in [0.05, 0.1) is 18.0 Å². The van der Waals surface area contributed by atoms with Crippen LogP contribution in [0.4, 0.5) is 0 Å². The highest BCUT2D eigenvalue weighted by Crippen LogP contribution is 2.04. The van der Waals surface area contributed by atoms with E-state index in [1.807, 2.05) is 13.0 Å². The quantitative estimate of drug-likeness (QED) is 0.492. The van der Waals surface area contributed by atoms with Crippen LogP contribution in [0.1, 0.15) is 27.2 Å². The number of allylic oxidation sites excluding steroid dienone is 1. The molecule has 0 rings (SSSR count). The molecule has 0 radical (unpaired) electrons. The first-order valence-electron chi connectivity index (χ1n) is 4.41. The van der Waals surface area contributed by atoms with Gasteiger partial charge in [0.15, 0.2) is 0 Å². The average molecular weight is 205 g/mol. The zero-order valence-electron chi connectivity index (χ0n) is 8.36. The van der Waals surface area contributed by atoms with Gasteiger partial charge in [-0.05, 0) is 18.3 Å². The molecule has 0 fully saturated rings. The Morgan fingerprint density at radius 1 is 1.46 bits per heavy atom. The minimum Gasteiger partial charge on any atom is -0.750 e. The molecule has 0 saturated carbocycles. The maximum atomic E-state index is 10.0. The van der Waals surface area contributed by atoms with Crippen LogP contribution in [0.15, 0.2) is 12.2 Å². The van der Waals surface area contributed by atoms with Crippen molar-refractivity contribution < 1.29 is 12.9 Å². The fraction of sp³-hybridized carbons (Fsp3) is 0.778. The lowest BCUT2D eigenvalue weighted by molar-refractivity contribution is 0.274. The van der Waals surface area contributed by atoms with E-state index in [1.54, 1.807) is 0 Å². The van der Waals surface area contributed by atoms with Crippen LogP contribution in [-0.4, -0.2) is 15.4 Å². The first-order valence-corrected chi connectivity index (χ1v) is 5.41. The van der Waals surface area contributed by atoms with Crippen LogP contribution in [0.25, 0.3) is 0 Å². The van der Waals surface area contributed by atoms with Gasteiger partial charge in [0.1, 0.15) is 0 Å². The van der Waals surface area contributed by atoms with Crippen molar-refractivity contribution in [3.63, 3.8) is 0 Å². The van der Waals surface area contributed by atoms with Gasteiger partial charge in [-0.1, -0.05) is 32.9 Å². The third kappa shape index (κ3) is 9.73.